The van der Waals surface area contributed by atoms with E-state index in [4.69, 9.17) is 0 Å². The Labute approximate surface area is 168 Å². The van der Waals surface area contributed by atoms with Crippen LogP contribution in [-0.4, -0.2) is 39.2 Å². The third-order valence-electron chi connectivity index (χ3n) is 5.26. The SMILES string of the molecule is O=C1c2cccc([N+](=O)[O-])c2C(=O)N1CN(Cc1ccccc1C(F)(F)F)C1CC1. The Hall–Kier alpha value is -3.27. The van der Waals surface area contributed by atoms with Gasteiger partial charge in [0.15, 0.2) is 0 Å². The first-order chi connectivity index (χ1) is 14.2. The third kappa shape index (κ3) is 3.54. The summed E-state index contributed by atoms with van der Waals surface area (Å²) in [5.41, 5.74) is -1.54. The van der Waals surface area contributed by atoms with Gasteiger partial charge in [-0.25, -0.2) is 0 Å². The second-order valence-electron chi connectivity index (χ2n) is 7.27. The highest BCUT2D eigenvalue weighted by molar-refractivity contribution is 6.23. The number of fused-ring (bicyclic) bond motifs is 1. The molecule has 2 amide bonds. The minimum atomic E-state index is -4.53. The summed E-state index contributed by atoms with van der Waals surface area (Å²) in [5, 5.41) is 11.2. The molecular weight excluding hydrogens is 403 g/mol. The number of hydrogen-bond donors (Lipinski definition) is 0. The molecule has 1 fully saturated rings. The van der Waals surface area contributed by atoms with E-state index in [-0.39, 0.29) is 35.9 Å². The molecule has 0 saturated heterocycles. The lowest BCUT2D eigenvalue weighted by Gasteiger charge is -2.27. The fourth-order valence-corrected chi connectivity index (χ4v) is 3.67. The van der Waals surface area contributed by atoms with Crippen LogP contribution in [0, 0.1) is 10.1 Å². The lowest BCUT2D eigenvalue weighted by Crippen LogP contribution is -2.42. The molecule has 1 heterocycles. The number of amides is 2. The Bertz CT molecular complexity index is 1050. The van der Waals surface area contributed by atoms with Crippen LogP contribution in [0.1, 0.15) is 44.7 Å². The van der Waals surface area contributed by atoms with Crippen LogP contribution >= 0.6 is 0 Å². The Morgan fingerprint density at radius 3 is 2.40 bits per heavy atom. The normalized spacial score (nSPS) is 16.3. The van der Waals surface area contributed by atoms with Crippen molar-refractivity contribution in [1.82, 2.24) is 9.80 Å². The number of imide groups is 1. The predicted molar refractivity (Wildman–Crippen MR) is 98.5 cm³/mol. The van der Waals surface area contributed by atoms with Crippen LogP contribution in [-0.2, 0) is 12.7 Å². The van der Waals surface area contributed by atoms with Gasteiger partial charge in [-0.3, -0.25) is 29.5 Å². The van der Waals surface area contributed by atoms with E-state index in [1.54, 1.807) is 4.90 Å². The van der Waals surface area contributed by atoms with E-state index < -0.39 is 34.2 Å². The van der Waals surface area contributed by atoms with Crippen molar-refractivity contribution in [2.24, 2.45) is 0 Å². The van der Waals surface area contributed by atoms with E-state index in [2.05, 4.69) is 0 Å². The first-order valence-electron chi connectivity index (χ1n) is 9.21. The zero-order valence-corrected chi connectivity index (χ0v) is 15.6. The Kier molecular flexibility index (Phi) is 4.81. The molecule has 10 heteroatoms. The summed E-state index contributed by atoms with van der Waals surface area (Å²) < 4.78 is 40.0. The number of carbonyl (C=O) groups is 2. The summed E-state index contributed by atoms with van der Waals surface area (Å²) in [6.45, 7) is -0.337. The summed E-state index contributed by atoms with van der Waals surface area (Å²) >= 11 is 0. The average Bonchev–Trinajstić information content (AvgIpc) is 3.51. The molecule has 2 aliphatic rings. The van der Waals surface area contributed by atoms with Gasteiger partial charge < -0.3 is 0 Å². The smallest absolute Gasteiger partial charge is 0.278 e. The van der Waals surface area contributed by atoms with E-state index >= 15 is 0 Å². The molecule has 156 valence electrons. The number of nitrogens with zero attached hydrogens (tertiary/aromatic N) is 3. The van der Waals surface area contributed by atoms with Crippen LogP contribution in [0.5, 0.6) is 0 Å². The minimum absolute atomic E-state index is 0.0412. The van der Waals surface area contributed by atoms with Crippen molar-refractivity contribution in [3.8, 4) is 0 Å². The zero-order chi connectivity index (χ0) is 21.6. The molecular formula is C20H16F3N3O4. The number of carbonyl (C=O) groups excluding carboxylic acids is 2. The van der Waals surface area contributed by atoms with Gasteiger partial charge in [0.2, 0.25) is 0 Å². The Balaban J connectivity index is 1.62. The van der Waals surface area contributed by atoms with Gasteiger partial charge in [0.1, 0.15) is 5.56 Å². The molecule has 1 aliphatic carbocycles. The predicted octanol–water partition coefficient (Wildman–Crippen LogP) is 3.83. The summed E-state index contributed by atoms with van der Waals surface area (Å²) in [4.78, 5) is 38.5. The maximum absolute atomic E-state index is 13.3. The number of hydrogen-bond acceptors (Lipinski definition) is 5. The van der Waals surface area contributed by atoms with Crippen LogP contribution in [0.4, 0.5) is 18.9 Å². The molecule has 0 unspecified atom stereocenters. The molecule has 0 spiro atoms. The van der Waals surface area contributed by atoms with Crippen molar-refractivity contribution in [1.29, 1.82) is 0 Å². The summed E-state index contributed by atoms with van der Waals surface area (Å²) in [7, 11) is 0. The Morgan fingerprint density at radius 2 is 1.77 bits per heavy atom. The van der Waals surface area contributed by atoms with Crippen LogP contribution in [0.25, 0.3) is 0 Å². The molecule has 1 aliphatic heterocycles. The topological polar surface area (TPSA) is 83.8 Å². The number of rotatable bonds is 6. The fraction of sp³-hybridized carbons (Fsp3) is 0.300. The van der Waals surface area contributed by atoms with Gasteiger partial charge in [0.05, 0.1) is 22.7 Å². The van der Waals surface area contributed by atoms with Crippen LogP contribution in [0.2, 0.25) is 0 Å². The second-order valence-corrected chi connectivity index (χ2v) is 7.27. The number of benzene rings is 2. The van der Waals surface area contributed by atoms with Gasteiger partial charge >= 0.3 is 6.18 Å². The lowest BCUT2D eigenvalue weighted by atomic mass is 10.1. The Morgan fingerprint density at radius 1 is 1.07 bits per heavy atom. The van der Waals surface area contributed by atoms with Crippen molar-refractivity contribution in [2.75, 3.05) is 6.67 Å². The molecule has 30 heavy (non-hydrogen) atoms. The molecule has 0 aromatic heterocycles. The highest BCUT2D eigenvalue weighted by atomic mass is 19.4. The highest BCUT2D eigenvalue weighted by Gasteiger charge is 2.43. The van der Waals surface area contributed by atoms with Gasteiger partial charge in [-0.1, -0.05) is 24.3 Å². The molecule has 7 nitrogen and oxygen atoms in total. The van der Waals surface area contributed by atoms with Crippen molar-refractivity contribution in [2.45, 2.75) is 31.6 Å². The summed E-state index contributed by atoms with van der Waals surface area (Å²) in [6.07, 6.45) is -3.06. The van der Waals surface area contributed by atoms with E-state index in [1.165, 1.54) is 30.3 Å². The molecule has 2 aromatic rings. The molecule has 0 bridgehead atoms. The number of alkyl halides is 3. The molecule has 1 saturated carbocycles. The van der Waals surface area contributed by atoms with Crippen molar-refractivity contribution >= 4 is 17.5 Å². The quantitative estimate of drug-likeness (QED) is 0.404. The first kappa shape index (κ1) is 20.0. The van der Waals surface area contributed by atoms with Crippen LogP contribution < -0.4 is 0 Å². The van der Waals surface area contributed by atoms with Gasteiger partial charge in [0, 0.05) is 18.7 Å². The summed E-state index contributed by atoms with van der Waals surface area (Å²) in [6, 6.07) is 8.90. The highest BCUT2D eigenvalue weighted by Crippen LogP contribution is 2.36. The third-order valence-corrected chi connectivity index (χ3v) is 5.26. The molecule has 0 atom stereocenters. The molecule has 4 rings (SSSR count). The monoisotopic (exact) mass is 419 g/mol. The maximum atomic E-state index is 13.3. The molecule has 0 radical (unpaired) electrons. The van der Waals surface area contributed by atoms with Crippen LogP contribution in [0.15, 0.2) is 42.5 Å². The van der Waals surface area contributed by atoms with Crippen molar-refractivity contribution in [3.05, 3.63) is 74.8 Å². The average molecular weight is 419 g/mol. The van der Waals surface area contributed by atoms with Gasteiger partial charge in [0.25, 0.3) is 17.5 Å². The van der Waals surface area contributed by atoms with Crippen LogP contribution in [0.3, 0.4) is 0 Å². The largest absolute Gasteiger partial charge is 0.416 e. The van der Waals surface area contributed by atoms with Gasteiger partial charge in [-0.2, -0.15) is 13.2 Å². The van der Waals surface area contributed by atoms with Crippen molar-refractivity contribution < 1.29 is 27.7 Å². The fourth-order valence-electron chi connectivity index (χ4n) is 3.67. The maximum Gasteiger partial charge on any atom is 0.416 e. The number of nitro groups is 1. The van der Waals surface area contributed by atoms with E-state index in [1.807, 2.05) is 0 Å². The first-order valence-corrected chi connectivity index (χ1v) is 9.21. The molecule has 0 N–H and O–H groups in total. The zero-order valence-electron chi connectivity index (χ0n) is 15.6. The van der Waals surface area contributed by atoms with Crippen molar-refractivity contribution in [3.63, 3.8) is 0 Å². The second kappa shape index (κ2) is 7.21. The van der Waals surface area contributed by atoms with Gasteiger partial charge in [-0.05, 0) is 30.5 Å². The standard InChI is InChI=1S/C20H16F3N3O4/c21-20(22,23)15-6-2-1-4-12(15)10-24(13-8-9-13)11-25-18(27)14-5-3-7-16(26(29)30)17(14)19(25)28/h1-7,13H,8-11H2. The van der Waals surface area contributed by atoms with E-state index in [0.717, 1.165) is 29.9 Å². The van der Waals surface area contributed by atoms with E-state index in [0.29, 0.717) is 0 Å². The van der Waals surface area contributed by atoms with Gasteiger partial charge in [-0.15, -0.1) is 0 Å². The minimum Gasteiger partial charge on any atom is -0.278 e. The molecule has 2 aromatic carbocycles. The number of halogens is 3. The number of nitro benzene ring substituents is 1. The lowest BCUT2D eigenvalue weighted by molar-refractivity contribution is -0.385. The summed E-state index contributed by atoms with van der Waals surface area (Å²) in [5.74, 6) is -1.49. The van der Waals surface area contributed by atoms with E-state index in [9.17, 15) is 32.9 Å².